The molecule has 2 amide bonds. The first-order valence-corrected chi connectivity index (χ1v) is 6.95. The van der Waals surface area contributed by atoms with Gasteiger partial charge in [0.2, 0.25) is 0 Å². The predicted octanol–water partition coefficient (Wildman–Crippen LogP) is 0.967. The Morgan fingerprint density at radius 2 is 1.89 bits per heavy atom. The minimum absolute atomic E-state index is 0.224. The van der Waals surface area contributed by atoms with Crippen molar-refractivity contribution >= 4 is 12.0 Å². The second-order valence-electron chi connectivity index (χ2n) is 5.56. The highest BCUT2D eigenvalue weighted by Crippen LogP contribution is 2.40. The van der Waals surface area contributed by atoms with E-state index in [1.165, 1.54) is 0 Å². The van der Waals surface area contributed by atoms with E-state index in [0.29, 0.717) is 25.3 Å². The first-order chi connectivity index (χ1) is 9.12. The number of urea groups is 1. The summed E-state index contributed by atoms with van der Waals surface area (Å²) in [6.45, 7) is 2.38. The second-order valence-corrected chi connectivity index (χ2v) is 5.56. The average Bonchev–Trinajstić information content (AvgIpc) is 2.36. The normalized spacial score (nSPS) is 22.3. The molecule has 0 unspecified atom stereocenters. The molecule has 6 heteroatoms. The molecule has 0 aromatic heterocycles. The van der Waals surface area contributed by atoms with Gasteiger partial charge >= 0.3 is 12.0 Å². The molecular formula is C13H22N2O4. The smallest absolute Gasteiger partial charge is 0.314 e. The predicted molar refractivity (Wildman–Crippen MR) is 68.9 cm³/mol. The lowest BCUT2D eigenvalue weighted by Gasteiger charge is -2.37. The molecule has 19 heavy (non-hydrogen) atoms. The van der Waals surface area contributed by atoms with Gasteiger partial charge in [-0.1, -0.05) is 6.42 Å². The lowest BCUT2D eigenvalue weighted by molar-refractivity contribution is -0.153. The van der Waals surface area contributed by atoms with Gasteiger partial charge in [-0.25, -0.2) is 4.79 Å². The molecule has 0 aromatic carbocycles. The fourth-order valence-corrected chi connectivity index (χ4v) is 2.57. The van der Waals surface area contributed by atoms with E-state index in [-0.39, 0.29) is 12.6 Å². The zero-order valence-electron chi connectivity index (χ0n) is 11.1. The summed E-state index contributed by atoms with van der Waals surface area (Å²) in [5, 5.41) is 14.6. The maximum absolute atomic E-state index is 11.6. The van der Waals surface area contributed by atoms with Crippen molar-refractivity contribution in [3.63, 3.8) is 0 Å². The van der Waals surface area contributed by atoms with Gasteiger partial charge in [-0.2, -0.15) is 0 Å². The molecule has 0 aromatic rings. The number of aliphatic carboxylic acids is 1. The average molecular weight is 270 g/mol. The number of hydrogen-bond acceptors (Lipinski definition) is 3. The maximum atomic E-state index is 11.6. The van der Waals surface area contributed by atoms with Gasteiger partial charge < -0.3 is 20.5 Å². The van der Waals surface area contributed by atoms with E-state index in [4.69, 9.17) is 9.84 Å². The van der Waals surface area contributed by atoms with E-state index >= 15 is 0 Å². The van der Waals surface area contributed by atoms with Gasteiger partial charge in [0, 0.05) is 26.3 Å². The minimum atomic E-state index is -0.802. The third-order valence-corrected chi connectivity index (χ3v) is 4.24. The molecule has 2 aliphatic rings. The van der Waals surface area contributed by atoms with Crippen molar-refractivity contribution in [2.24, 2.45) is 11.3 Å². The lowest BCUT2D eigenvalue weighted by Crippen LogP contribution is -2.50. The Morgan fingerprint density at radius 3 is 2.42 bits per heavy atom. The number of carbonyl (C=O) groups excluding carboxylic acids is 1. The Balaban J connectivity index is 1.65. The Labute approximate surface area is 112 Å². The number of carbonyl (C=O) groups is 2. The molecule has 2 rings (SSSR count). The summed E-state index contributed by atoms with van der Waals surface area (Å²) < 4.78 is 5.25. The van der Waals surface area contributed by atoms with Gasteiger partial charge in [-0.15, -0.1) is 0 Å². The molecule has 108 valence electrons. The molecule has 2 fully saturated rings. The Morgan fingerprint density at radius 1 is 1.21 bits per heavy atom. The van der Waals surface area contributed by atoms with Crippen molar-refractivity contribution in [1.29, 1.82) is 0 Å². The quantitative estimate of drug-likeness (QED) is 0.694. The van der Waals surface area contributed by atoms with Gasteiger partial charge in [0.25, 0.3) is 0 Å². The minimum Gasteiger partial charge on any atom is -0.481 e. The SMILES string of the molecule is O=C(NCC1CCOCC1)NCC1(C(=O)O)CCC1. The fourth-order valence-electron chi connectivity index (χ4n) is 2.57. The highest BCUT2D eigenvalue weighted by atomic mass is 16.5. The summed E-state index contributed by atoms with van der Waals surface area (Å²) in [5.41, 5.74) is -0.726. The van der Waals surface area contributed by atoms with Gasteiger partial charge in [0.05, 0.1) is 5.41 Å². The molecule has 0 bridgehead atoms. The number of amides is 2. The second kappa shape index (κ2) is 6.23. The molecule has 1 saturated heterocycles. The van der Waals surface area contributed by atoms with Crippen LogP contribution in [-0.2, 0) is 9.53 Å². The fraction of sp³-hybridized carbons (Fsp3) is 0.846. The summed E-state index contributed by atoms with van der Waals surface area (Å²) in [7, 11) is 0. The summed E-state index contributed by atoms with van der Waals surface area (Å²) in [6.07, 6.45) is 4.18. The van der Waals surface area contributed by atoms with Crippen LogP contribution in [0.2, 0.25) is 0 Å². The standard InChI is InChI=1S/C13H22N2O4/c16-11(17)13(4-1-5-13)9-15-12(18)14-8-10-2-6-19-7-3-10/h10H,1-9H2,(H,16,17)(H2,14,15,18). The summed E-state index contributed by atoms with van der Waals surface area (Å²) in [4.78, 5) is 22.8. The van der Waals surface area contributed by atoms with Gasteiger partial charge in [0.1, 0.15) is 0 Å². The first-order valence-electron chi connectivity index (χ1n) is 6.95. The maximum Gasteiger partial charge on any atom is 0.314 e. The monoisotopic (exact) mass is 270 g/mol. The zero-order chi connectivity index (χ0) is 13.7. The molecule has 1 saturated carbocycles. The van der Waals surface area contributed by atoms with Crippen molar-refractivity contribution in [2.45, 2.75) is 32.1 Å². The highest BCUT2D eigenvalue weighted by molar-refractivity contribution is 5.78. The largest absolute Gasteiger partial charge is 0.481 e. The van der Waals surface area contributed by atoms with Crippen LogP contribution in [-0.4, -0.2) is 43.4 Å². The number of carboxylic acid groups (broad SMARTS) is 1. The highest BCUT2D eigenvalue weighted by Gasteiger charge is 2.44. The number of carboxylic acids is 1. The van der Waals surface area contributed by atoms with Crippen LogP contribution in [0.25, 0.3) is 0 Å². The number of ether oxygens (including phenoxy) is 1. The van der Waals surface area contributed by atoms with E-state index < -0.39 is 11.4 Å². The number of rotatable bonds is 5. The zero-order valence-corrected chi connectivity index (χ0v) is 11.1. The van der Waals surface area contributed by atoms with Crippen LogP contribution < -0.4 is 10.6 Å². The van der Waals surface area contributed by atoms with E-state index in [1.54, 1.807) is 0 Å². The third kappa shape index (κ3) is 3.59. The summed E-state index contributed by atoms with van der Waals surface area (Å²) >= 11 is 0. The van der Waals surface area contributed by atoms with E-state index in [9.17, 15) is 9.59 Å². The molecule has 6 nitrogen and oxygen atoms in total. The Kier molecular flexibility index (Phi) is 4.63. The van der Waals surface area contributed by atoms with Crippen LogP contribution in [0, 0.1) is 11.3 Å². The molecule has 1 aliphatic heterocycles. The van der Waals surface area contributed by atoms with Gasteiger partial charge in [-0.05, 0) is 31.6 Å². The Bertz CT molecular complexity index is 336. The molecule has 0 spiro atoms. The molecule has 3 N–H and O–H groups in total. The van der Waals surface area contributed by atoms with Crippen LogP contribution in [0.3, 0.4) is 0 Å². The first kappa shape index (κ1) is 14.1. The van der Waals surface area contributed by atoms with Crippen molar-refractivity contribution in [3.05, 3.63) is 0 Å². The van der Waals surface area contributed by atoms with Crippen LogP contribution in [0.1, 0.15) is 32.1 Å². The van der Waals surface area contributed by atoms with Crippen molar-refractivity contribution < 1.29 is 19.4 Å². The van der Waals surface area contributed by atoms with Crippen LogP contribution in [0.5, 0.6) is 0 Å². The molecule has 0 radical (unpaired) electrons. The molecular weight excluding hydrogens is 248 g/mol. The van der Waals surface area contributed by atoms with Crippen molar-refractivity contribution in [3.8, 4) is 0 Å². The summed E-state index contributed by atoms with van der Waals surface area (Å²) in [6, 6.07) is -0.265. The number of nitrogens with one attached hydrogen (secondary N) is 2. The topological polar surface area (TPSA) is 87.7 Å². The van der Waals surface area contributed by atoms with Crippen LogP contribution in [0.4, 0.5) is 4.79 Å². The van der Waals surface area contributed by atoms with Gasteiger partial charge in [-0.3, -0.25) is 4.79 Å². The number of hydrogen-bond donors (Lipinski definition) is 3. The molecule has 1 heterocycles. The molecule has 1 aliphatic carbocycles. The Hall–Kier alpha value is -1.30. The van der Waals surface area contributed by atoms with E-state index in [0.717, 1.165) is 32.5 Å². The summed E-state index contributed by atoms with van der Waals surface area (Å²) in [5.74, 6) is -0.333. The van der Waals surface area contributed by atoms with Crippen LogP contribution >= 0.6 is 0 Å². The third-order valence-electron chi connectivity index (χ3n) is 4.24. The van der Waals surface area contributed by atoms with Crippen molar-refractivity contribution in [2.75, 3.05) is 26.3 Å². The van der Waals surface area contributed by atoms with Crippen molar-refractivity contribution in [1.82, 2.24) is 10.6 Å². The lowest BCUT2D eigenvalue weighted by atomic mass is 9.69. The van der Waals surface area contributed by atoms with Gasteiger partial charge in [0.15, 0.2) is 0 Å². The molecule has 0 atom stereocenters. The van der Waals surface area contributed by atoms with Crippen LogP contribution in [0.15, 0.2) is 0 Å². The van der Waals surface area contributed by atoms with E-state index in [1.807, 2.05) is 0 Å². The van der Waals surface area contributed by atoms with E-state index in [2.05, 4.69) is 10.6 Å².